The lowest BCUT2D eigenvalue weighted by atomic mass is 10.3. The predicted molar refractivity (Wildman–Crippen MR) is 85.2 cm³/mol. The smallest absolute Gasteiger partial charge is 0.263 e. The zero-order valence-electron chi connectivity index (χ0n) is 12.0. The maximum Gasteiger partial charge on any atom is 0.263 e. The summed E-state index contributed by atoms with van der Waals surface area (Å²) >= 11 is 2.90. The monoisotopic (exact) mass is 318 g/mol. The van der Waals surface area contributed by atoms with Gasteiger partial charge in [-0.3, -0.25) is 9.36 Å². The van der Waals surface area contributed by atoms with Crippen molar-refractivity contribution in [3.05, 3.63) is 39.4 Å². The van der Waals surface area contributed by atoms with Crippen LogP contribution in [0.15, 0.2) is 32.6 Å². The fourth-order valence-electron chi connectivity index (χ4n) is 2.08. The van der Waals surface area contributed by atoms with Gasteiger partial charge in [0.25, 0.3) is 5.56 Å². The van der Waals surface area contributed by atoms with Crippen molar-refractivity contribution >= 4 is 33.3 Å². The molecule has 0 saturated carbocycles. The Bertz CT molecular complexity index is 869. The third kappa shape index (κ3) is 2.58. The van der Waals surface area contributed by atoms with E-state index < -0.39 is 0 Å². The van der Waals surface area contributed by atoms with Crippen LogP contribution in [-0.2, 0) is 6.54 Å². The molecule has 0 spiro atoms. The molecule has 0 aliphatic carbocycles. The maximum absolute atomic E-state index is 12.6. The first kappa shape index (κ1) is 14.2. The fraction of sp³-hybridized carbons (Fsp3) is 0.286. The van der Waals surface area contributed by atoms with Crippen molar-refractivity contribution in [3.8, 4) is 0 Å². The standard InChI is InChI=1S/C14H14N4OS2/c1-4-18-13(19)11-8(2)7-20-12(11)17-14(18)21-10-5-6-15-9(3)16-10/h5-7H,4H2,1-3H3. The van der Waals surface area contributed by atoms with E-state index in [0.29, 0.717) is 17.5 Å². The zero-order chi connectivity index (χ0) is 15.0. The Balaban J connectivity index is 2.16. The summed E-state index contributed by atoms with van der Waals surface area (Å²) in [5.41, 5.74) is 1.01. The summed E-state index contributed by atoms with van der Waals surface area (Å²) in [7, 11) is 0. The Morgan fingerprint density at radius 2 is 2.14 bits per heavy atom. The second-order valence-electron chi connectivity index (χ2n) is 4.59. The highest BCUT2D eigenvalue weighted by molar-refractivity contribution is 7.99. The highest BCUT2D eigenvalue weighted by Crippen LogP contribution is 2.27. The number of thiophene rings is 1. The van der Waals surface area contributed by atoms with Gasteiger partial charge < -0.3 is 0 Å². The molecule has 0 aliphatic rings. The van der Waals surface area contributed by atoms with Crippen LogP contribution in [0.2, 0.25) is 0 Å². The summed E-state index contributed by atoms with van der Waals surface area (Å²) in [5.74, 6) is 0.707. The van der Waals surface area contributed by atoms with Gasteiger partial charge in [0.15, 0.2) is 5.16 Å². The summed E-state index contributed by atoms with van der Waals surface area (Å²) in [6, 6.07) is 1.83. The molecule has 3 rings (SSSR count). The van der Waals surface area contributed by atoms with Crippen molar-refractivity contribution in [2.45, 2.75) is 37.5 Å². The molecule has 0 amide bonds. The number of nitrogens with zero attached hydrogens (tertiary/aromatic N) is 4. The summed E-state index contributed by atoms with van der Waals surface area (Å²) in [5, 5.41) is 4.17. The molecule has 0 N–H and O–H groups in total. The van der Waals surface area contributed by atoms with Gasteiger partial charge in [-0.1, -0.05) is 0 Å². The van der Waals surface area contributed by atoms with Gasteiger partial charge in [-0.15, -0.1) is 11.3 Å². The van der Waals surface area contributed by atoms with Crippen LogP contribution in [0.3, 0.4) is 0 Å². The normalized spacial score (nSPS) is 11.2. The van der Waals surface area contributed by atoms with E-state index in [1.165, 1.54) is 23.1 Å². The Morgan fingerprint density at radius 3 is 2.86 bits per heavy atom. The molecular formula is C14H14N4OS2. The Hall–Kier alpha value is -1.73. The van der Waals surface area contributed by atoms with Gasteiger partial charge in [-0.05, 0) is 49.5 Å². The molecule has 3 aromatic heterocycles. The van der Waals surface area contributed by atoms with E-state index in [0.717, 1.165) is 20.8 Å². The second-order valence-corrected chi connectivity index (χ2v) is 6.43. The van der Waals surface area contributed by atoms with Gasteiger partial charge in [0.1, 0.15) is 15.7 Å². The van der Waals surface area contributed by atoms with E-state index in [1.807, 2.05) is 32.2 Å². The lowest BCUT2D eigenvalue weighted by molar-refractivity contribution is 0.634. The van der Waals surface area contributed by atoms with Crippen molar-refractivity contribution in [2.24, 2.45) is 0 Å². The molecule has 3 heterocycles. The minimum Gasteiger partial charge on any atom is -0.287 e. The minimum atomic E-state index is 0.0227. The SMILES string of the molecule is CCn1c(Sc2ccnc(C)n2)nc2scc(C)c2c1=O. The highest BCUT2D eigenvalue weighted by Gasteiger charge is 2.14. The summed E-state index contributed by atoms with van der Waals surface area (Å²) in [4.78, 5) is 26.5. The molecule has 0 aromatic carbocycles. The average Bonchev–Trinajstić information content (AvgIpc) is 2.81. The zero-order valence-corrected chi connectivity index (χ0v) is 13.6. The second kappa shape index (κ2) is 5.57. The lowest BCUT2D eigenvalue weighted by Crippen LogP contribution is -2.22. The van der Waals surface area contributed by atoms with Crippen LogP contribution in [0.5, 0.6) is 0 Å². The van der Waals surface area contributed by atoms with Crippen molar-refractivity contribution < 1.29 is 0 Å². The number of hydrogen-bond donors (Lipinski definition) is 0. The maximum atomic E-state index is 12.6. The van der Waals surface area contributed by atoms with Crippen LogP contribution in [0, 0.1) is 13.8 Å². The predicted octanol–water partition coefficient (Wildman–Crippen LogP) is 3.04. The quantitative estimate of drug-likeness (QED) is 0.549. The van der Waals surface area contributed by atoms with Crippen molar-refractivity contribution in [1.29, 1.82) is 0 Å². The van der Waals surface area contributed by atoms with Crippen LogP contribution in [0.4, 0.5) is 0 Å². The Morgan fingerprint density at radius 1 is 1.33 bits per heavy atom. The first-order chi connectivity index (χ1) is 10.1. The molecule has 0 atom stereocenters. The summed E-state index contributed by atoms with van der Waals surface area (Å²) in [6.07, 6.45) is 1.72. The van der Waals surface area contributed by atoms with Crippen LogP contribution >= 0.6 is 23.1 Å². The molecule has 108 valence electrons. The van der Waals surface area contributed by atoms with Crippen LogP contribution in [0.25, 0.3) is 10.2 Å². The van der Waals surface area contributed by atoms with Crippen LogP contribution in [-0.4, -0.2) is 19.5 Å². The third-order valence-electron chi connectivity index (χ3n) is 3.11. The molecule has 0 fully saturated rings. The number of aromatic nitrogens is 4. The molecule has 21 heavy (non-hydrogen) atoms. The molecular weight excluding hydrogens is 304 g/mol. The average molecular weight is 318 g/mol. The molecule has 0 saturated heterocycles. The van der Waals surface area contributed by atoms with Crippen LogP contribution in [0.1, 0.15) is 18.3 Å². The van der Waals surface area contributed by atoms with Crippen molar-refractivity contribution in [2.75, 3.05) is 0 Å². The first-order valence-electron chi connectivity index (χ1n) is 6.56. The number of fused-ring (bicyclic) bond motifs is 1. The van der Waals surface area contributed by atoms with Crippen molar-refractivity contribution in [3.63, 3.8) is 0 Å². The molecule has 7 heteroatoms. The first-order valence-corrected chi connectivity index (χ1v) is 8.26. The molecule has 0 bridgehead atoms. The molecule has 0 unspecified atom stereocenters. The van der Waals surface area contributed by atoms with Gasteiger partial charge in [-0.2, -0.15) is 0 Å². The van der Waals surface area contributed by atoms with Gasteiger partial charge in [0, 0.05) is 12.7 Å². The Labute approximate surface area is 130 Å². The van der Waals surface area contributed by atoms with Gasteiger partial charge >= 0.3 is 0 Å². The largest absolute Gasteiger partial charge is 0.287 e. The molecule has 0 radical (unpaired) electrons. The Kier molecular flexibility index (Phi) is 3.77. The number of aryl methyl sites for hydroxylation is 2. The van der Waals surface area contributed by atoms with E-state index >= 15 is 0 Å². The van der Waals surface area contributed by atoms with Crippen molar-refractivity contribution in [1.82, 2.24) is 19.5 Å². The van der Waals surface area contributed by atoms with Crippen LogP contribution < -0.4 is 5.56 Å². The highest BCUT2D eigenvalue weighted by atomic mass is 32.2. The number of hydrogen-bond acceptors (Lipinski definition) is 6. The van der Waals surface area contributed by atoms with E-state index in [4.69, 9.17) is 0 Å². The van der Waals surface area contributed by atoms with E-state index in [1.54, 1.807) is 10.8 Å². The fourth-order valence-corrected chi connectivity index (χ4v) is 4.01. The van der Waals surface area contributed by atoms with Gasteiger partial charge in [-0.25, -0.2) is 15.0 Å². The summed E-state index contributed by atoms with van der Waals surface area (Å²) in [6.45, 7) is 6.33. The minimum absolute atomic E-state index is 0.0227. The molecule has 3 aromatic rings. The van der Waals surface area contributed by atoms with Gasteiger partial charge in [0.2, 0.25) is 0 Å². The van der Waals surface area contributed by atoms with E-state index in [2.05, 4.69) is 15.0 Å². The van der Waals surface area contributed by atoms with Gasteiger partial charge in [0.05, 0.1) is 5.39 Å². The summed E-state index contributed by atoms with van der Waals surface area (Å²) < 4.78 is 1.70. The van der Waals surface area contributed by atoms with E-state index in [-0.39, 0.29) is 5.56 Å². The lowest BCUT2D eigenvalue weighted by Gasteiger charge is -2.09. The van der Waals surface area contributed by atoms with E-state index in [9.17, 15) is 4.79 Å². The molecule has 0 aliphatic heterocycles. The third-order valence-corrected chi connectivity index (χ3v) is 5.03. The topological polar surface area (TPSA) is 60.7 Å². The molecule has 5 nitrogen and oxygen atoms in total. The number of rotatable bonds is 3.